The average Bonchev–Trinajstić information content (AvgIpc) is 2.67. The fourth-order valence-corrected chi connectivity index (χ4v) is 2.63. The van der Waals surface area contributed by atoms with Crippen LogP contribution in [-0.2, 0) is 0 Å². The van der Waals surface area contributed by atoms with E-state index in [2.05, 4.69) is 25.3 Å². The van der Waals surface area contributed by atoms with Crippen LogP contribution in [0, 0.1) is 0 Å². The minimum atomic E-state index is -4.77. The predicted molar refractivity (Wildman–Crippen MR) is 105 cm³/mol. The number of benzene rings is 2. The SMILES string of the molecule is CCNc1nc(Nc2ccccc2OC)cc(-c2cccc(OC(F)(F)F)c2)n1. The normalized spacial score (nSPS) is 11.1. The molecule has 0 aliphatic heterocycles. The lowest BCUT2D eigenvalue weighted by Crippen LogP contribution is -2.17. The lowest BCUT2D eigenvalue weighted by atomic mass is 10.1. The molecule has 0 spiro atoms. The Morgan fingerprint density at radius 1 is 1.00 bits per heavy atom. The van der Waals surface area contributed by atoms with Gasteiger partial charge in [0.05, 0.1) is 18.5 Å². The molecule has 6 nitrogen and oxygen atoms in total. The van der Waals surface area contributed by atoms with Crippen molar-refractivity contribution >= 4 is 17.5 Å². The predicted octanol–water partition coefficient (Wildman–Crippen LogP) is 5.23. The molecule has 0 aliphatic rings. The molecule has 0 unspecified atom stereocenters. The van der Waals surface area contributed by atoms with Gasteiger partial charge in [-0.25, -0.2) is 4.98 Å². The second kappa shape index (κ2) is 8.68. The fourth-order valence-electron chi connectivity index (χ4n) is 2.63. The van der Waals surface area contributed by atoms with Gasteiger partial charge in [-0.3, -0.25) is 0 Å². The maximum atomic E-state index is 12.5. The summed E-state index contributed by atoms with van der Waals surface area (Å²) < 4.78 is 46.9. The number of nitrogens with one attached hydrogen (secondary N) is 2. The highest BCUT2D eigenvalue weighted by Crippen LogP contribution is 2.31. The Morgan fingerprint density at radius 2 is 1.79 bits per heavy atom. The molecule has 2 aromatic carbocycles. The number of aromatic nitrogens is 2. The molecule has 2 N–H and O–H groups in total. The molecule has 152 valence electrons. The van der Waals surface area contributed by atoms with Crippen LogP contribution in [0.25, 0.3) is 11.3 Å². The molecule has 1 heterocycles. The zero-order chi connectivity index (χ0) is 20.9. The number of alkyl halides is 3. The topological polar surface area (TPSA) is 68.3 Å². The minimum Gasteiger partial charge on any atom is -0.495 e. The smallest absolute Gasteiger partial charge is 0.495 e. The van der Waals surface area contributed by atoms with Crippen molar-refractivity contribution in [3.8, 4) is 22.8 Å². The Balaban J connectivity index is 1.98. The van der Waals surface area contributed by atoms with Gasteiger partial charge >= 0.3 is 6.36 Å². The number of anilines is 3. The van der Waals surface area contributed by atoms with E-state index >= 15 is 0 Å². The lowest BCUT2D eigenvalue weighted by molar-refractivity contribution is -0.274. The van der Waals surface area contributed by atoms with Gasteiger partial charge in [0.2, 0.25) is 5.95 Å². The van der Waals surface area contributed by atoms with E-state index in [1.165, 1.54) is 18.2 Å². The summed E-state index contributed by atoms with van der Waals surface area (Å²) in [7, 11) is 1.56. The molecule has 0 amide bonds. The van der Waals surface area contributed by atoms with E-state index in [-0.39, 0.29) is 5.75 Å². The quantitative estimate of drug-likeness (QED) is 0.562. The molecule has 0 fully saturated rings. The first kappa shape index (κ1) is 20.2. The van der Waals surface area contributed by atoms with Gasteiger partial charge in [0.15, 0.2) is 0 Å². The summed E-state index contributed by atoms with van der Waals surface area (Å²) >= 11 is 0. The Labute approximate surface area is 165 Å². The maximum Gasteiger partial charge on any atom is 0.573 e. The molecule has 0 bridgehead atoms. The number of rotatable bonds is 7. The first-order valence-electron chi connectivity index (χ1n) is 8.77. The second-order valence-corrected chi connectivity index (χ2v) is 5.89. The van der Waals surface area contributed by atoms with E-state index in [9.17, 15) is 13.2 Å². The molecule has 0 radical (unpaired) electrons. The molecule has 0 aliphatic carbocycles. The zero-order valence-electron chi connectivity index (χ0n) is 15.7. The third-order valence-corrected chi connectivity index (χ3v) is 3.79. The summed E-state index contributed by atoms with van der Waals surface area (Å²) in [6.45, 7) is 2.47. The molecule has 3 rings (SSSR count). The van der Waals surface area contributed by atoms with E-state index in [0.717, 1.165) is 0 Å². The summed E-state index contributed by atoms with van der Waals surface area (Å²) in [5.74, 6) is 1.10. The summed E-state index contributed by atoms with van der Waals surface area (Å²) in [5.41, 5.74) is 1.58. The van der Waals surface area contributed by atoms with Gasteiger partial charge < -0.3 is 20.1 Å². The Hall–Kier alpha value is -3.49. The van der Waals surface area contributed by atoms with Crippen LogP contribution >= 0.6 is 0 Å². The number of ether oxygens (including phenoxy) is 2. The monoisotopic (exact) mass is 404 g/mol. The van der Waals surface area contributed by atoms with Crippen molar-refractivity contribution in [1.29, 1.82) is 0 Å². The van der Waals surface area contributed by atoms with E-state index in [0.29, 0.717) is 41.0 Å². The fraction of sp³-hybridized carbons (Fsp3) is 0.200. The number of methoxy groups -OCH3 is 1. The minimum absolute atomic E-state index is 0.321. The van der Waals surface area contributed by atoms with Crippen LogP contribution < -0.4 is 20.1 Å². The van der Waals surface area contributed by atoms with Gasteiger partial charge in [-0.05, 0) is 31.2 Å². The van der Waals surface area contributed by atoms with Crippen molar-refractivity contribution in [3.05, 3.63) is 54.6 Å². The Bertz CT molecular complexity index is 980. The lowest BCUT2D eigenvalue weighted by Gasteiger charge is -2.14. The van der Waals surface area contributed by atoms with Gasteiger partial charge in [0, 0.05) is 18.2 Å². The van der Waals surface area contributed by atoms with Crippen molar-refractivity contribution in [2.75, 3.05) is 24.3 Å². The summed E-state index contributed by atoms with van der Waals surface area (Å²) in [6.07, 6.45) is -4.77. The highest BCUT2D eigenvalue weighted by Gasteiger charge is 2.31. The van der Waals surface area contributed by atoms with Gasteiger partial charge in [-0.1, -0.05) is 24.3 Å². The van der Waals surface area contributed by atoms with Gasteiger partial charge in [0.1, 0.15) is 17.3 Å². The van der Waals surface area contributed by atoms with Crippen molar-refractivity contribution in [1.82, 2.24) is 9.97 Å². The van der Waals surface area contributed by atoms with Crippen LogP contribution in [0.3, 0.4) is 0 Å². The van der Waals surface area contributed by atoms with Crippen LogP contribution in [0.1, 0.15) is 6.92 Å². The molecular weight excluding hydrogens is 385 g/mol. The number of para-hydroxylation sites is 2. The third kappa shape index (κ3) is 5.50. The molecular formula is C20H19F3N4O2. The number of hydrogen-bond acceptors (Lipinski definition) is 6. The highest BCUT2D eigenvalue weighted by atomic mass is 19.4. The third-order valence-electron chi connectivity index (χ3n) is 3.79. The van der Waals surface area contributed by atoms with Crippen LogP contribution in [0.5, 0.6) is 11.5 Å². The summed E-state index contributed by atoms with van der Waals surface area (Å²) in [6, 6.07) is 14.6. The molecule has 1 aromatic heterocycles. The Morgan fingerprint density at radius 3 is 2.52 bits per heavy atom. The van der Waals surface area contributed by atoms with Gasteiger partial charge in [-0.15, -0.1) is 13.2 Å². The van der Waals surface area contributed by atoms with Gasteiger partial charge in [0.25, 0.3) is 0 Å². The van der Waals surface area contributed by atoms with E-state index in [4.69, 9.17) is 4.74 Å². The average molecular weight is 404 g/mol. The van der Waals surface area contributed by atoms with Crippen LogP contribution in [0.15, 0.2) is 54.6 Å². The number of hydrogen-bond donors (Lipinski definition) is 2. The maximum absolute atomic E-state index is 12.5. The van der Waals surface area contributed by atoms with Crippen molar-refractivity contribution in [3.63, 3.8) is 0 Å². The van der Waals surface area contributed by atoms with E-state index < -0.39 is 6.36 Å². The largest absolute Gasteiger partial charge is 0.573 e. The van der Waals surface area contributed by atoms with E-state index in [1.54, 1.807) is 25.3 Å². The highest BCUT2D eigenvalue weighted by molar-refractivity contribution is 5.70. The number of nitrogens with zero attached hydrogens (tertiary/aromatic N) is 2. The van der Waals surface area contributed by atoms with Crippen molar-refractivity contribution < 1.29 is 22.6 Å². The van der Waals surface area contributed by atoms with Crippen LogP contribution in [0.4, 0.5) is 30.6 Å². The van der Waals surface area contributed by atoms with Crippen molar-refractivity contribution in [2.45, 2.75) is 13.3 Å². The molecule has 0 saturated heterocycles. The molecule has 29 heavy (non-hydrogen) atoms. The first-order valence-corrected chi connectivity index (χ1v) is 8.77. The van der Waals surface area contributed by atoms with Crippen LogP contribution in [-0.4, -0.2) is 30.0 Å². The van der Waals surface area contributed by atoms with E-state index in [1.807, 2.05) is 25.1 Å². The zero-order valence-corrected chi connectivity index (χ0v) is 15.7. The summed E-state index contributed by atoms with van der Waals surface area (Å²) in [5, 5.41) is 6.18. The van der Waals surface area contributed by atoms with Crippen molar-refractivity contribution in [2.24, 2.45) is 0 Å². The second-order valence-electron chi connectivity index (χ2n) is 5.89. The number of halogens is 3. The van der Waals surface area contributed by atoms with Gasteiger partial charge in [-0.2, -0.15) is 4.98 Å². The molecule has 0 saturated carbocycles. The van der Waals surface area contributed by atoms with Crippen LogP contribution in [0.2, 0.25) is 0 Å². The Kier molecular flexibility index (Phi) is 6.06. The first-order chi connectivity index (χ1) is 13.9. The molecule has 0 atom stereocenters. The molecule has 3 aromatic rings. The molecule has 9 heteroatoms. The summed E-state index contributed by atoms with van der Waals surface area (Å²) in [4.78, 5) is 8.79. The standard InChI is InChI=1S/C20H19F3N4O2/c1-3-24-19-26-16(13-7-6-8-14(11-13)29-20(21,22)23)12-18(27-19)25-15-9-4-5-10-17(15)28-2/h4-12H,3H2,1-2H3,(H2,24,25,26,27).